The maximum absolute atomic E-state index is 10.9. The molecule has 2 aromatic rings. The fourth-order valence-electron chi connectivity index (χ4n) is 1.58. The molecule has 94 valence electrons. The molecule has 2 aromatic heterocycles. The van der Waals surface area contributed by atoms with Gasteiger partial charge >= 0.3 is 5.97 Å². The summed E-state index contributed by atoms with van der Waals surface area (Å²) in [5, 5.41) is 11.9. The highest BCUT2D eigenvalue weighted by atomic mass is 16.4. The van der Waals surface area contributed by atoms with Crippen molar-refractivity contribution >= 4 is 11.8 Å². The van der Waals surface area contributed by atoms with Crippen LogP contribution in [0, 0.1) is 13.8 Å². The second-order valence-corrected chi connectivity index (χ2v) is 3.83. The van der Waals surface area contributed by atoms with E-state index in [4.69, 9.17) is 9.52 Å². The lowest BCUT2D eigenvalue weighted by Gasteiger charge is -2.03. The molecule has 0 atom stereocenters. The minimum atomic E-state index is -0.986. The predicted octanol–water partition coefficient (Wildman–Crippen LogP) is 2.00. The summed E-state index contributed by atoms with van der Waals surface area (Å²) in [6.07, 6.45) is 1.65. The normalized spacial score (nSPS) is 10.3. The highest BCUT2D eigenvalue weighted by molar-refractivity contribution is 5.88. The van der Waals surface area contributed by atoms with Crippen molar-refractivity contribution < 1.29 is 14.3 Å². The number of hydrogen-bond donors (Lipinski definition) is 2. The zero-order valence-electron chi connectivity index (χ0n) is 10.1. The molecule has 2 N–H and O–H groups in total. The van der Waals surface area contributed by atoms with E-state index in [0.717, 1.165) is 0 Å². The van der Waals surface area contributed by atoms with Crippen LogP contribution in [-0.4, -0.2) is 21.0 Å². The van der Waals surface area contributed by atoms with Crippen molar-refractivity contribution in [3.05, 3.63) is 41.2 Å². The van der Waals surface area contributed by atoms with Gasteiger partial charge in [0.1, 0.15) is 28.7 Å². The minimum absolute atomic E-state index is 0.186. The Kier molecular flexibility index (Phi) is 3.27. The molecule has 0 aliphatic carbocycles. The predicted molar refractivity (Wildman–Crippen MR) is 64.5 cm³/mol. The molecule has 6 nitrogen and oxygen atoms in total. The van der Waals surface area contributed by atoms with E-state index >= 15 is 0 Å². The molecular weight excluding hydrogens is 234 g/mol. The second-order valence-electron chi connectivity index (χ2n) is 3.83. The van der Waals surface area contributed by atoms with Crippen LogP contribution in [0.3, 0.4) is 0 Å². The Hall–Kier alpha value is -2.37. The van der Waals surface area contributed by atoms with Crippen LogP contribution in [0.25, 0.3) is 0 Å². The molecule has 0 spiro atoms. The van der Waals surface area contributed by atoms with E-state index in [2.05, 4.69) is 15.3 Å². The maximum Gasteiger partial charge on any atom is 0.339 e. The number of aryl methyl sites for hydroxylation is 2. The number of nitrogens with one attached hydrogen (secondary N) is 1. The number of aromatic carboxylic acids is 1. The minimum Gasteiger partial charge on any atom is -0.478 e. The molecule has 0 saturated heterocycles. The molecular formula is C12H13N3O3. The van der Waals surface area contributed by atoms with Gasteiger partial charge in [0.2, 0.25) is 0 Å². The first-order valence-electron chi connectivity index (χ1n) is 5.42. The van der Waals surface area contributed by atoms with Crippen LogP contribution in [0.2, 0.25) is 0 Å². The van der Waals surface area contributed by atoms with Gasteiger partial charge in [-0.15, -0.1) is 0 Å². The van der Waals surface area contributed by atoms with Crippen molar-refractivity contribution in [3.63, 3.8) is 0 Å². The number of carbonyl (C=O) groups is 1. The molecule has 0 radical (unpaired) electrons. The third-order valence-electron chi connectivity index (χ3n) is 2.42. The molecule has 0 aromatic carbocycles. The lowest BCUT2D eigenvalue weighted by Crippen LogP contribution is -2.01. The summed E-state index contributed by atoms with van der Waals surface area (Å²) >= 11 is 0. The lowest BCUT2D eigenvalue weighted by atomic mass is 10.2. The number of anilines is 1. The Bertz CT molecular complexity index is 578. The zero-order valence-corrected chi connectivity index (χ0v) is 10.1. The van der Waals surface area contributed by atoms with Crippen molar-refractivity contribution in [1.82, 2.24) is 9.97 Å². The number of hydrogen-bond acceptors (Lipinski definition) is 5. The Morgan fingerprint density at radius 3 is 2.89 bits per heavy atom. The molecule has 0 unspecified atom stereocenters. The summed E-state index contributed by atoms with van der Waals surface area (Å²) in [5.74, 6) is 1.31. The molecule has 2 heterocycles. The molecule has 0 aliphatic heterocycles. The SMILES string of the molecule is Cc1nccc(NCc2cc(C(=O)O)c(C)o2)n1. The first kappa shape index (κ1) is 12.1. The van der Waals surface area contributed by atoms with Gasteiger partial charge in [0.05, 0.1) is 6.54 Å². The van der Waals surface area contributed by atoms with E-state index < -0.39 is 5.97 Å². The van der Waals surface area contributed by atoms with E-state index in [1.807, 2.05) is 0 Å². The Morgan fingerprint density at radius 2 is 2.28 bits per heavy atom. The third-order valence-corrected chi connectivity index (χ3v) is 2.42. The highest BCUT2D eigenvalue weighted by Gasteiger charge is 2.13. The van der Waals surface area contributed by atoms with Gasteiger partial charge in [-0.1, -0.05) is 0 Å². The van der Waals surface area contributed by atoms with E-state index in [0.29, 0.717) is 29.7 Å². The zero-order chi connectivity index (χ0) is 13.1. The van der Waals surface area contributed by atoms with Gasteiger partial charge in [-0.25, -0.2) is 14.8 Å². The van der Waals surface area contributed by atoms with Crippen molar-refractivity contribution in [2.45, 2.75) is 20.4 Å². The summed E-state index contributed by atoms with van der Waals surface area (Å²) in [5.41, 5.74) is 0.186. The van der Waals surface area contributed by atoms with Crippen LogP contribution in [0.1, 0.15) is 27.7 Å². The van der Waals surface area contributed by atoms with Gasteiger partial charge in [-0.05, 0) is 26.0 Å². The van der Waals surface area contributed by atoms with E-state index in [-0.39, 0.29) is 5.56 Å². The average molecular weight is 247 g/mol. The van der Waals surface area contributed by atoms with Gasteiger partial charge in [0.15, 0.2) is 0 Å². The number of aromatic nitrogens is 2. The Balaban J connectivity index is 2.06. The fourth-order valence-corrected chi connectivity index (χ4v) is 1.58. The number of carboxylic acids is 1. The van der Waals surface area contributed by atoms with Crippen molar-refractivity contribution in [2.24, 2.45) is 0 Å². The topological polar surface area (TPSA) is 88.2 Å². The van der Waals surface area contributed by atoms with Crippen molar-refractivity contribution in [3.8, 4) is 0 Å². The number of carboxylic acid groups (broad SMARTS) is 1. The van der Waals surface area contributed by atoms with E-state index in [9.17, 15) is 4.79 Å². The van der Waals surface area contributed by atoms with Crippen LogP contribution in [0.4, 0.5) is 5.82 Å². The second kappa shape index (κ2) is 4.87. The first-order chi connectivity index (χ1) is 8.56. The van der Waals surface area contributed by atoms with Crippen LogP contribution in [-0.2, 0) is 6.54 Å². The summed E-state index contributed by atoms with van der Waals surface area (Å²) in [4.78, 5) is 19.0. The monoisotopic (exact) mass is 247 g/mol. The quantitative estimate of drug-likeness (QED) is 0.859. The number of rotatable bonds is 4. The van der Waals surface area contributed by atoms with Crippen LogP contribution >= 0.6 is 0 Å². The smallest absolute Gasteiger partial charge is 0.339 e. The summed E-state index contributed by atoms with van der Waals surface area (Å²) < 4.78 is 5.34. The van der Waals surface area contributed by atoms with Gasteiger partial charge in [0, 0.05) is 6.20 Å². The molecule has 0 bridgehead atoms. The number of furan rings is 1. The third kappa shape index (κ3) is 2.65. The average Bonchev–Trinajstić information content (AvgIpc) is 2.68. The van der Waals surface area contributed by atoms with Crippen molar-refractivity contribution in [2.75, 3.05) is 5.32 Å². The van der Waals surface area contributed by atoms with Gasteiger partial charge in [0.25, 0.3) is 0 Å². The highest BCUT2D eigenvalue weighted by Crippen LogP contribution is 2.15. The molecule has 0 fully saturated rings. The van der Waals surface area contributed by atoms with E-state index in [1.165, 1.54) is 6.07 Å². The number of nitrogens with zero attached hydrogens (tertiary/aromatic N) is 2. The van der Waals surface area contributed by atoms with Gasteiger partial charge in [-0.2, -0.15) is 0 Å². The molecule has 18 heavy (non-hydrogen) atoms. The van der Waals surface area contributed by atoms with Gasteiger partial charge in [-0.3, -0.25) is 0 Å². The summed E-state index contributed by atoms with van der Waals surface area (Å²) in [6.45, 7) is 3.80. The summed E-state index contributed by atoms with van der Waals surface area (Å²) in [6, 6.07) is 3.25. The lowest BCUT2D eigenvalue weighted by molar-refractivity contribution is 0.0695. The summed E-state index contributed by atoms with van der Waals surface area (Å²) in [7, 11) is 0. The largest absolute Gasteiger partial charge is 0.478 e. The molecule has 0 saturated carbocycles. The maximum atomic E-state index is 10.9. The fraction of sp³-hybridized carbons (Fsp3) is 0.250. The van der Waals surface area contributed by atoms with Crippen LogP contribution in [0.15, 0.2) is 22.7 Å². The molecule has 6 heteroatoms. The molecule has 0 amide bonds. The Morgan fingerprint density at radius 1 is 1.50 bits per heavy atom. The van der Waals surface area contributed by atoms with E-state index in [1.54, 1.807) is 26.1 Å². The van der Waals surface area contributed by atoms with Crippen molar-refractivity contribution in [1.29, 1.82) is 0 Å². The van der Waals surface area contributed by atoms with Crippen LogP contribution < -0.4 is 5.32 Å². The Labute approximate surface area is 104 Å². The van der Waals surface area contributed by atoms with Crippen LogP contribution in [0.5, 0.6) is 0 Å². The standard InChI is InChI=1S/C12H13N3O3/c1-7-10(12(16)17)5-9(18-7)6-14-11-3-4-13-8(2)15-11/h3-5H,6H2,1-2H3,(H,16,17)(H,13,14,15). The van der Waals surface area contributed by atoms with Gasteiger partial charge < -0.3 is 14.8 Å². The first-order valence-corrected chi connectivity index (χ1v) is 5.42. The molecule has 2 rings (SSSR count). The molecule has 0 aliphatic rings.